The number of pyridine rings is 1. The summed E-state index contributed by atoms with van der Waals surface area (Å²) >= 11 is 0. The summed E-state index contributed by atoms with van der Waals surface area (Å²) in [5.41, 5.74) is 2.58. The molecule has 0 atom stereocenters. The van der Waals surface area contributed by atoms with E-state index in [4.69, 9.17) is 9.47 Å². The quantitative estimate of drug-likeness (QED) is 0.735. The van der Waals surface area contributed by atoms with E-state index in [2.05, 4.69) is 37.9 Å². The molecule has 5 heteroatoms. The number of aromatic nitrogens is 1. The molecule has 0 bridgehead atoms. The van der Waals surface area contributed by atoms with Crippen LogP contribution in [0.15, 0.2) is 46.3 Å². The Morgan fingerprint density at radius 3 is 2.68 bits per heavy atom. The third-order valence-electron chi connectivity index (χ3n) is 3.89. The lowest BCUT2D eigenvalue weighted by atomic mass is 10.1. The van der Waals surface area contributed by atoms with Crippen molar-refractivity contribution in [1.82, 2.24) is 4.98 Å². The molecule has 0 unspecified atom stereocenters. The minimum atomic E-state index is -0.587. The van der Waals surface area contributed by atoms with Crippen LogP contribution in [-0.2, 0) is 0 Å². The number of aromatic amines is 1. The predicted octanol–water partition coefficient (Wildman–Crippen LogP) is 4.31. The molecule has 1 aromatic carbocycles. The Bertz CT molecular complexity index is 858. The Morgan fingerprint density at radius 2 is 2.00 bits per heavy atom. The molecule has 1 aromatic heterocycles. The summed E-state index contributed by atoms with van der Waals surface area (Å²) in [4.78, 5) is 14.4. The molecule has 0 saturated carbocycles. The Labute approximate surface area is 147 Å². The SMILES string of the molecule is COc1c(O)c(=O)[nH]c2cc(OC/C=C(\C)CCC=C(C)C)ccc12. The van der Waals surface area contributed by atoms with Gasteiger partial charge in [0.05, 0.1) is 12.6 Å². The van der Waals surface area contributed by atoms with Gasteiger partial charge in [0.25, 0.3) is 5.56 Å². The van der Waals surface area contributed by atoms with E-state index in [9.17, 15) is 9.90 Å². The van der Waals surface area contributed by atoms with Gasteiger partial charge in [0.2, 0.25) is 5.75 Å². The zero-order valence-electron chi connectivity index (χ0n) is 15.2. The minimum Gasteiger partial charge on any atom is -0.500 e. The van der Waals surface area contributed by atoms with Crippen LogP contribution in [0.4, 0.5) is 0 Å². The number of nitrogens with one attached hydrogen (secondary N) is 1. The number of methoxy groups -OCH3 is 1. The first-order valence-electron chi connectivity index (χ1n) is 8.27. The fourth-order valence-corrected chi connectivity index (χ4v) is 2.50. The van der Waals surface area contributed by atoms with E-state index >= 15 is 0 Å². The fourth-order valence-electron chi connectivity index (χ4n) is 2.50. The Morgan fingerprint density at radius 1 is 1.24 bits per heavy atom. The van der Waals surface area contributed by atoms with Crippen molar-refractivity contribution < 1.29 is 14.6 Å². The van der Waals surface area contributed by atoms with Gasteiger partial charge in [0, 0.05) is 11.5 Å². The van der Waals surface area contributed by atoms with Gasteiger partial charge >= 0.3 is 0 Å². The first-order chi connectivity index (χ1) is 11.9. The van der Waals surface area contributed by atoms with Crippen LogP contribution in [0.25, 0.3) is 10.9 Å². The molecule has 2 rings (SSSR count). The zero-order chi connectivity index (χ0) is 18.4. The van der Waals surface area contributed by atoms with Gasteiger partial charge in [-0.25, -0.2) is 0 Å². The number of allylic oxidation sites excluding steroid dienone is 3. The number of hydrogen-bond donors (Lipinski definition) is 2. The lowest BCUT2D eigenvalue weighted by Gasteiger charge is -2.09. The van der Waals surface area contributed by atoms with Crippen molar-refractivity contribution in [2.75, 3.05) is 13.7 Å². The first kappa shape index (κ1) is 18.6. The molecule has 1 heterocycles. The second-order valence-corrected chi connectivity index (χ2v) is 6.22. The van der Waals surface area contributed by atoms with E-state index in [1.165, 1.54) is 18.3 Å². The van der Waals surface area contributed by atoms with Crippen LogP contribution in [0.2, 0.25) is 0 Å². The molecule has 134 valence electrons. The summed E-state index contributed by atoms with van der Waals surface area (Å²) in [6.45, 7) is 6.75. The number of aromatic hydroxyl groups is 1. The number of H-pyrrole nitrogens is 1. The topological polar surface area (TPSA) is 71.5 Å². The fraction of sp³-hybridized carbons (Fsp3) is 0.350. The number of rotatable bonds is 7. The van der Waals surface area contributed by atoms with Crippen LogP contribution in [0.5, 0.6) is 17.2 Å². The molecule has 25 heavy (non-hydrogen) atoms. The summed E-state index contributed by atoms with van der Waals surface area (Å²) < 4.78 is 10.9. The highest BCUT2D eigenvalue weighted by molar-refractivity contribution is 5.88. The molecule has 0 fully saturated rings. The molecular formula is C20H25NO4. The summed E-state index contributed by atoms with van der Waals surface area (Å²) in [5, 5.41) is 10.4. The molecular weight excluding hydrogens is 318 g/mol. The average Bonchev–Trinajstić information content (AvgIpc) is 2.56. The third kappa shape index (κ3) is 4.89. The molecule has 0 radical (unpaired) electrons. The molecule has 2 aromatic rings. The van der Waals surface area contributed by atoms with Crippen LogP contribution in [0.1, 0.15) is 33.6 Å². The van der Waals surface area contributed by atoms with Gasteiger partial charge in [-0.15, -0.1) is 0 Å². The molecule has 0 aliphatic heterocycles. The first-order valence-corrected chi connectivity index (χ1v) is 8.27. The number of benzene rings is 1. The van der Waals surface area contributed by atoms with Gasteiger partial charge in [-0.05, 0) is 51.8 Å². The van der Waals surface area contributed by atoms with E-state index < -0.39 is 11.3 Å². The molecule has 0 aliphatic rings. The number of fused-ring (bicyclic) bond motifs is 1. The van der Waals surface area contributed by atoms with E-state index in [0.29, 0.717) is 23.3 Å². The average molecular weight is 343 g/mol. The van der Waals surface area contributed by atoms with E-state index in [0.717, 1.165) is 12.8 Å². The Balaban J connectivity index is 2.09. The van der Waals surface area contributed by atoms with Crippen molar-refractivity contribution in [3.8, 4) is 17.2 Å². The summed E-state index contributed by atoms with van der Waals surface area (Å²) in [6.07, 6.45) is 6.32. The van der Waals surface area contributed by atoms with Gasteiger partial charge in [0.15, 0.2) is 5.75 Å². The van der Waals surface area contributed by atoms with Crippen LogP contribution < -0.4 is 15.0 Å². The highest BCUT2D eigenvalue weighted by Crippen LogP contribution is 2.31. The van der Waals surface area contributed by atoms with Crippen molar-refractivity contribution in [3.05, 3.63) is 51.9 Å². The predicted molar refractivity (Wildman–Crippen MR) is 101 cm³/mol. The van der Waals surface area contributed by atoms with Crippen LogP contribution in [0, 0.1) is 0 Å². The van der Waals surface area contributed by atoms with E-state index in [-0.39, 0.29) is 5.75 Å². The van der Waals surface area contributed by atoms with Crippen LogP contribution in [0.3, 0.4) is 0 Å². The minimum absolute atomic E-state index is 0.167. The normalized spacial score (nSPS) is 11.4. The molecule has 0 spiro atoms. The van der Waals surface area contributed by atoms with Gasteiger partial charge in [0.1, 0.15) is 12.4 Å². The molecule has 0 amide bonds. The van der Waals surface area contributed by atoms with Gasteiger partial charge < -0.3 is 19.6 Å². The maximum atomic E-state index is 11.7. The Hall–Kier alpha value is -2.69. The Kier molecular flexibility index (Phi) is 6.28. The smallest absolute Gasteiger partial charge is 0.294 e. The van der Waals surface area contributed by atoms with Crippen molar-refractivity contribution in [2.24, 2.45) is 0 Å². The van der Waals surface area contributed by atoms with Gasteiger partial charge in [-0.3, -0.25) is 4.79 Å². The largest absolute Gasteiger partial charge is 0.500 e. The van der Waals surface area contributed by atoms with Crippen molar-refractivity contribution in [3.63, 3.8) is 0 Å². The van der Waals surface area contributed by atoms with E-state index in [1.807, 2.05) is 0 Å². The van der Waals surface area contributed by atoms with Crippen LogP contribution in [-0.4, -0.2) is 23.8 Å². The number of hydrogen-bond acceptors (Lipinski definition) is 4. The lowest BCUT2D eigenvalue weighted by molar-refractivity contribution is 0.361. The van der Waals surface area contributed by atoms with Gasteiger partial charge in [-0.1, -0.05) is 17.2 Å². The maximum Gasteiger partial charge on any atom is 0.294 e. The number of ether oxygens (including phenoxy) is 2. The molecule has 0 saturated heterocycles. The molecule has 5 nitrogen and oxygen atoms in total. The summed E-state index contributed by atoms with van der Waals surface area (Å²) in [7, 11) is 1.42. The monoisotopic (exact) mass is 343 g/mol. The summed E-state index contributed by atoms with van der Waals surface area (Å²) in [5.74, 6) is 0.392. The maximum absolute atomic E-state index is 11.7. The van der Waals surface area contributed by atoms with Crippen molar-refractivity contribution >= 4 is 10.9 Å². The molecule has 2 N–H and O–H groups in total. The molecule has 0 aliphatic carbocycles. The summed E-state index contributed by atoms with van der Waals surface area (Å²) in [6, 6.07) is 5.27. The van der Waals surface area contributed by atoms with Gasteiger partial charge in [-0.2, -0.15) is 0 Å². The zero-order valence-corrected chi connectivity index (χ0v) is 15.2. The second-order valence-electron chi connectivity index (χ2n) is 6.22. The van der Waals surface area contributed by atoms with Crippen LogP contribution >= 0.6 is 0 Å². The standard InChI is InChI=1S/C20H25NO4/c1-13(2)6-5-7-14(3)10-11-25-15-8-9-16-17(12-15)21-20(23)18(22)19(16)24-4/h6,8-10,12,22H,5,7,11H2,1-4H3,(H,21,23)/b14-10+. The third-order valence-corrected chi connectivity index (χ3v) is 3.89. The van der Waals surface area contributed by atoms with Crippen molar-refractivity contribution in [2.45, 2.75) is 33.6 Å². The highest BCUT2D eigenvalue weighted by Gasteiger charge is 2.12. The van der Waals surface area contributed by atoms with Crippen molar-refractivity contribution in [1.29, 1.82) is 0 Å². The second kappa shape index (κ2) is 8.42. The highest BCUT2D eigenvalue weighted by atomic mass is 16.5. The van der Waals surface area contributed by atoms with E-state index in [1.54, 1.807) is 18.2 Å². The lowest BCUT2D eigenvalue weighted by Crippen LogP contribution is -2.07.